The van der Waals surface area contributed by atoms with E-state index in [4.69, 9.17) is 10.8 Å². The SMILES string of the molecule is CCCN(CCO)C(=O)c1ccn(-c2ccc(N)cc2)n1. The normalized spacial score (nSPS) is 10.6. The molecule has 1 aromatic heterocycles. The number of nitrogens with two attached hydrogens (primary N) is 1. The van der Waals surface area contributed by atoms with Crippen molar-refractivity contribution in [2.24, 2.45) is 0 Å². The van der Waals surface area contributed by atoms with Crippen LogP contribution in [-0.2, 0) is 0 Å². The Morgan fingerprint density at radius 1 is 1.29 bits per heavy atom. The van der Waals surface area contributed by atoms with Crippen LogP contribution in [0.15, 0.2) is 36.5 Å². The average Bonchev–Trinajstić information content (AvgIpc) is 2.97. The Labute approximate surface area is 123 Å². The quantitative estimate of drug-likeness (QED) is 0.785. The molecule has 6 nitrogen and oxygen atoms in total. The van der Waals surface area contributed by atoms with Crippen molar-refractivity contribution in [3.8, 4) is 5.69 Å². The Morgan fingerprint density at radius 2 is 2.00 bits per heavy atom. The summed E-state index contributed by atoms with van der Waals surface area (Å²) in [4.78, 5) is 13.9. The van der Waals surface area contributed by atoms with E-state index in [0.29, 0.717) is 24.5 Å². The summed E-state index contributed by atoms with van der Waals surface area (Å²) in [7, 11) is 0. The van der Waals surface area contributed by atoms with Crippen LogP contribution < -0.4 is 5.73 Å². The number of carbonyl (C=O) groups excluding carboxylic acids is 1. The molecule has 21 heavy (non-hydrogen) atoms. The van der Waals surface area contributed by atoms with Crippen molar-refractivity contribution in [3.05, 3.63) is 42.2 Å². The Balaban J connectivity index is 2.18. The molecule has 2 aromatic rings. The average molecular weight is 288 g/mol. The van der Waals surface area contributed by atoms with E-state index in [1.54, 1.807) is 34.0 Å². The van der Waals surface area contributed by atoms with Gasteiger partial charge in [-0.15, -0.1) is 0 Å². The van der Waals surface area contributed by atoms with E-state index in [2.05, 4.69) is 5.10 Å². The van der Waals surface area contributed by atoms with Crippen molar-refractivity contribution in [2.45, 2.75) is 13.3 Å². The molecule has 1 aromatic carbocycles. The van der Waals surface area contributed by atoms with E-state index in [9.17, 15) is 4.79 Å². The van der Waals surface area contributed by atoms with E-state index in [1.807, 2.05) is 19.1 Å². The van der Waals surface area contributed by atoms with E-state index in [0.717, 1.165) is 12.1 Å². The smallest absolute Gasteiger partial charge is 0.274 e. The highest BCUT2D eigenvalue weighted by molar-refractivity contribution is 5.92. The molecule has 0 aliphatic rings. The zero-order valence-corrected chi connectivity index (χ0v) is 12.1. The van der Waals surface area contributed by atoms with Crippen molar-refractivity contribution in [1.82, 2.24) is 14.7 Å². The lowest BCUT2D eigenvalue weighted by molar-refractivity contribution is 0.0715. The van der Waals surface area contributed by atoms with Crippen LogP contribution in [0.3, 0.4) is 0 Å². The summed E-state index contributed by atoms with van der Waals surface area (Å²) < 4.78 is 1.63. The number of benzene rings is 1. The van der Waals surface area contributed by atoms with Crippen molar-refractivity contribution >= 4 is 11.6 Å². The first-order valence-electron chi connectivity index (χ1n) is 6.97. The van der Waals surface area contributed by atoms with Gasteiger partial charge in [-0.2, -0.15) is 5.10 Å². The van der Waals surface area contributed by atoms with Crippen LogP contribution in [-0.4, -0.2) is 45.4 Å². The fourth-order valence-corrected chi connectivity index (χ4v) is 2.08. The van der Waals surface area contributed by atoms with E-state index >= 15 is 0 Å². The molecule has 2 rings (SSSR count). The molecule has 0 fully saturated rings. The second-order valence-corrected chi connectivity index (χ2v) is 4.75. The molecule has 0 saturated heterocycles. The summed E-state index contributed by atoms with van der Waals surface area (Å²) in [6, 6.07) is 8.93. The number of hydrogen-bond donors (Lipinski definition) is 2. The number of aliphatic hydroxyl groups is 1. The van der Waals surface area contributed by atoms with Crippen molar-refractivity contribution in [2.75, 3.05) is 25.4 Å². The highest BCUT2D eigenvalue weighted by Gasteiger charge is 2.17. The molecule has 0 bridgehead atoms. The maximum absolute atomic E-state index is 12.3. The molecule has 3 N–H and O–H groups in total. The van der Waals surface area contributed by atoms with Crippen LogP contribution in [0.2, 0.25) is 0 Å². The lowest BCUT2D eigenvalue weighted by Gasteiger charge is -2.19. The minimum absolute atomic E-state index is 0.0512. The number of nitrogens with zero attached hydrogens (tertiary/aromatic N) is 3. The number of nitrogen functional groups attached to an aromatic ring is 1. The lowest BCUT2D eigenvalue weighted by Crippen LogP contribution is -2.34. The van der Waals surface area contributed by atoms with Crippen molar-refractivity contribution in [3.63, 3.8) is 0 Å². The number of anilines is 1. The molecule has 0 spiro atoms. The molecule has 0 radical (unpaired) electrons. The van der Waals surface area contributed by atoms with Gasteiger partial charge in [0.15, 0.2) is 5.69 Å². The van der Waals surface area contributed by atoms with E-state index in [-0.39, 0.29) is 12.5 Å². The maximum Gasteiger partial charge on any atom is 0.274 e. The lowest BCUT2D eigenvalue weighted by atomic mass is 10.3. The summed E-state index contributed by atoms with van der Waals surface area (Å²) in [6.07, 6.45) is 2.58. The predicted molar refractivity (Wildman–Crippen MR) is 81.3 cm³/mol. The fraction of sp³-hybridized carbons (Fsp3) is 0.333. The van der Waals surface area contributed by atoms with Gasteiger partial charge in [0.25, 0.3) is 5.91 Å². The maximum atomic E-state index is 12.3. The van der Waals surface area contributed by atoms with Crippen LogP contribution in [0, 0.1) is 0 Å². The Bertz CT molecular complexity index is 586. The van der Waals surface area contributed by atoms with Gasteiger partial charge in [-0.3, -0.25) is 4.79 Å². The van der Waals surface area contributed by atoms with Gasteiger partial charge in [0.2, 0.25) is 0 Å². The third-order valence-electron chi connectivity index (χ3n) is 3.12. The highest BCUT2D eigenvalue weighted by Crippen LogP contribution is 2.11. The highest BCUT2D eigenvalue weighted by atomic mass is 16.3. The van der Waals surface area contributed by atoms with Crippen molar-refractivity contribution < 1.29 is 9.90 Å². The van der Waals surface area contributed by atoms with E-state index < -0.39 is 0 Å². The second kappa shape index (κ2) is 6.90. The molecule has 0 saturated carbocycles. The zero-order chi connectivity index (χ0) is 15.2. The molecule has 6 heteroatoms. The first kappa shape index (κ1) is 15.1. The van der Waals surface area contributed by atoms with Crippen LogP contribution in [0.5, 0.6) is 0 Å². The van der Waals surface area contributed by atoms with Gasteiger partial charge in [0.1, 0.15) is 0 Å². The molecule has 0 unspecified atom stereocenters. The molecular weight excluding hydrogens is 268 g/mol. The van der Waals surface area contributed by atoms with Crippen LogP contribution >= 0.6 is 0 Å². The third kappa shape index (κ3) is 3.61. The number of amides is 1. The summed E-state index contributed by atoms with van der Waals surface area (Å²) in [6.45, 7) is 2.87. The number of aliphatic hydroxyl groups excluding tert-OH is 1. The monoisotopic (exact) mass is 288 g/mol. The van der Waals surface area contributed by atoms with Gasteiger partial charge in [0, 0.05) is 25.0 Å². The number of aromatic nitrogens is 2. The summed E-state index contributed by atoms with van der Waals surface area (Å²) in [5, 5.41) is 13.3. The van der Waals surface area contributed by atoms with Gasteiger partial charge in [0.05, 0.1) is 12.3 Å². The first-order valence-corrected chi connectivity index (χ1v) is 6.97. The summed E-state index contributed by atoms with van der Waals surface area (Å²) in [5.74, 6) is -0.167. The van der Waals surface area contributed by atoms with Gasteiger partial charge in [-0.1, -0.05) is 6.92 Å². The van der Waals surface area contributed by atoms with Crippen LogP contribution in [0.25, 0.3) is 5.69 Å². The minimum Gasteiger partial charge on any atom is -0.399 e. The largest absolute Gasteiger partial charge is 0.399 e. The van der Waals surface area contributed by atoms with Gasteiger partial charge in [-0.25, -0.2) is 4.68 Å². The Morgan fingerprint density at radius 3 is 2.62 bits per heavy atom. The minimum atomic E-state index is -0.167. The van der Waals surface area contributed by atoms with Crippen molar-refractivity contribution in [1.29, 1.82) is 0 Å². The molecule has 1 heterocycles. The number of carbonyl (C=O) groups is 1. The zero-order valence-electron chi connectivity index (χ0n) is 12.1. The second-order valence-electron chi connectivity index (χ2n) is 4.75. The predicted octanol–water partition coefficient (Wildman–Crippen LogP) is 1.30. The first-order chi connectivity index (χ1) is 10.2. The Kier molecular flexibility index (Phi) is 4.94. The molecule has 112 valence electrons. The van der Waals surface area contributed by atoms with Gasteiger partial charge >= 0.3 is 0 Å². The molecule has 1 amide bonds. The summed E-state index contributed by atoms with van der Waals surface area (Å²) in [5.41, 5.74) is 7.54. The number of rotatable bonds is 6. The van der Waals surface area contributed by atoms with Crippen LogP contribution in [0.1, 0.15) is 23.8 Å². The standard InChI is InChI=1S/C15H20N4O2/c1-2-8-18(10-11-20)15(21)14-7-9-19(17-14)13-5-3-12(16)4-6-13/h3-7,9,20H,2,8,10-11,16H2,1H3. The van der Waals surface area contributed by atoms with Gasteiger partial charge < -0.3 is 15.7 Å². The molecular formula is C15H20N4O2. The molecule has 0 atom stereocenters. The van der Waals surface area contributed by atoms with E-state index in [1.165, 1.54) is 0 Å². The number of hydrogen-bond acceptors (Lipinski definition) is 4. The summed E-state index contributed by atoms with van der Waals surface area (Å²) >= 11 is 0. The van der Waals surface area contributed by atoms with Crippen LogP contribution in [0.4, 0.5) is 5.69 Å². The Hall–Kier alpha value is -2.34. The van der Waals surface area contributed by atoms with Gasteiger partial charge in [-0.05, 0) is 36.8 Å². The topological polar surface area (TPSA) is 84.4 Å². The fourth-order valence-electron chi connectivity index (χ4n) is 2.08. The third-order valence-corrected chi connectivity index (χ3v) is 3.12. The molecule has 0 aliphatic heterocycles. The molecule has 0 aliphatic carbocycles.